The molecule has 0 atom stereocenters. The van der Waals surface area contributed by atoms with E-state index in [1.807, 2.05) is 20.8 Å². The van der Waals surface area contributed by atoms with Gasteiger partial charge in [-0.1, -0.05) is 13.8 Å². The lowest BCUT2D eigenvalue weighted by Crippen LogP contribution is -1.85. The Balaban J connectivity index is 0.000000531. The zero-order valence-electron chi connectivity index (χ0n) is 8.85. The van der Waals surface area contributed by atoms with Crippen LogP contribution in [0.1, 0.15) is 18.9 Å². The Morgan fingerprint density at radius 2 is 2.07 bits per heavy atom. The molecular weight excluding hydrogens is 212 g/mol. The molecule has 0 amide bonds. The highest BCUT2D eigenvalue weighted by Gasteiger charge is 2.07. The average Bonchev–Trinajstić information content (AvgIpc) is 2.59. The van der Waals surface area contributed by atoms with Crippen LogP contribution in [0.3, 0.4) is 0 Å². The number of non-ortho nitro benzene ring substituents is 1. The van der Waals surface area contributed by atoms with Crippen molar-refractivity contribution in [2.24, 2.45) is 0 Å². The van der Waals surface area contributed by atoms with Gasteiger partial charge in [0.05, 0.1) is 20.1 Å². The SMILES string of the molecule is CC.Cc1nc2ccc([N+](=O)[O-])cc2s1. The van der Waals surface area contributed by atoms with Crippen LogP contribution < -0.4 is 0 Å². The Hall–Kier alpha value is -1.49. The molecule has 5 heteroatoms. The topological polar surface area (TPSA) is 56.0 Å². The Morgan fingerprint density at radius 3 is 2.67 bits per heavy atom. The summed E-state index contributed by atoms with van der Waals surface area (Å²) < 4.78 is 0.867. The van der Waals surface area contributed by atoms with Gasteiger partial charge in [0.25, 0.3) is 5.69 Å². The Labute approximate surface area is 91.7 Å². The highest BCUT2D eigenvalue weighted by Crippen LogP contribution is 2.25. The molecule has 0 aliphatic carbocycles. The minimum Gasteiger partial charge on any atom is -0.258 e. The van der Waals surface area contributed by atoms with Crippen LogP contribution in [0.2, 0.25) is 0 Å². The standard InChI is InChI=1S/C8H6N2O2S.C2H6/c1-5-9-7-3-2-6(10(11)12)4-8(7)13-5;1-2/h2-4H,1H3;1-2H3. The lowest BCUT2D eigenvalue weighted by Gasteiger charge is -1.89. The van der Waals surface area contributed by atoms with E-state index in [0.29, 0.717) is 0 Å². The van der Waals surface area contributed by atoms with Gasteiger partial charge in [-0.15, -0.1) is 11.3 Å². The van der Waals surface area contributed by atoms with Crippen LogP contribution in [-0.2, 0) is 0 Å². The van der Waals surface area contributed by atoms with Crippen molar-refractivity contribution in [2.75, 3.05) is 0 Å². The number of hydrogen-bond donors (Lipinski definition) is 0. The summed E-state index contributed by atoms with van der Waals surface area (Å²) in [6, 6.07) is 4.71. The van der Waals surface area contributed by atoms with Gasteiger partial charge in [0.15, 0.2) is 0 Å². The van der Waals surface area contributed by atoms with Gasteiger partial charge in [0.2, 0.25) is 0 Å². The predicted molar refractivity (Wildman–Crippen MR) is 62.4 cm³/mol. The third-order valence-corrected chi connectivity index (χ3v) is 2.62. The second kappa shape index (κ2) is 4.84. The molecule has 0 bridgehead atoms. The lowest BCUT2D eigenvalue weighted by atomic mass is 10.3. The molecule has 0 aliphatic heterocycles. The lowest BCUT2D eigenvalue weighted by molar-refractivity contribution is -0.384. The molecule has 0 spiro atoms. The number of rotatable bonds is 1. The first-order valence-electron chi connectivity index (χ1n) is 4.68. The first kappa shape index (κ1) is 11.6. The van der Waals surface area contributed by atoms with E-state index in [4.69, 9.17) is 0 Å². The Morgan fingerprint density at radius 1 is 1.40 bits per heavy atom. The van der Waals surface area contributed by atoms with Gasteiger partial charge in [-0.25, -0.2) is 4.98 Å². The molecule has 0 N–H and O–H groups in total. The molecule has 1 heterocycles. The van der Waals surface area contributed by atoms with E-state index < -0.39 is 4.92 Å². The largest absolute Gasteiger partial charge is 0.270 e. The zero-order chi connectivity index (χ0) is 11.4. The van der Waals surface area contributed by atoms with Crippen LogP contribution >= 0.6 is 11.3 Å². The molecule has 80 valence electrons. The number of nitro benzene ring substituents is 1. The van der Waals surface area contributed by atoms with Gasteiger partial charge >= 0.3 is 0 Å². The van der Waals surface area contributed by atoms with Gasteiger partial charge in [-0.05, 0) is 13.0 Å². The first-order chi connectivity index (χ1) is 7.16. The quantitative estimate of drug-likeness (QED) is 0.550. The highest BCUT2D eigenvalue weighted by molar-refractivity contribution is 7.18. The average molecular weight is 224 g/mol. The maximum Gasteiger partial charge on any atom is 0.270 e. The number of nitro groups is 1. The number of nitrogens with zero attached hydrogens (tertiary/aromatic N) is 2. The van der Waals surface area contributed by atoms with E-state index in [9.17, 15) is 10.1 Å². The van der Waals surface area contributed by atoms with Gasteiger partial charge in [-0.2, -0.15) is 0 Å². The van der Waals surface area contributed by atoms with E-state index in [0.717, 1.165) is 15.2 Å². The number of thiazole rings is 1. The fourth-order valence-electron chi connectivity index (χ4n) is 1.14. The summed E-state index contributed by atoms with van der Waals surface area (Å²) in [4.78, 5) is 14.3. The van der Waals surface area contributed by atoms with E-state index in [-0.39, 0.29) is 5.69 Å². The van der Waals surface area contributed by atoms with Crippen molar-refractivity contribution in [1.29, 1.82) is 0 Å². The van der Waals surface area contributed by atoms with Crippen molar-refractivity contribution in [3.8, 4) is 0 Å². The smallest absolute Gasteiger partial charge is 0.258 e. The summed E-state index contributed by atoms with van der Waals surface area (Å²) in [5, 5.41) is 11.4. The number of fused-ring (bicyclic) bond motifs is 1. The third kappa shape index (κ3) is 2.50. The summed E-state index contributed by atoms with van der Waals surface area (Å²) >= 11 is 1.47. The molecule has 0 aliphatic rings. The van der Waals surface area contributed by atoms with Crippen LogP contribution in [0.5, 0.6) is 0 Å². The van der Waals surface area contributed by atoms with Gasteiger partial charge in [0, 0.05) is 12.1 Å². The van der Waals surface area contributed by atoms with Crippen LogP contribution in [0.25, 0.3) is 10.2 Å². The normalized spacial score (nSPS) is 9.53. The van der Waals surface area contributed by atoms with Crippen LogP contribution in [0, 0.1) is 17.0 Å². The predicted octanol–water partition coefficient (Wildman–Crippen LogP) is 3.54. The molecular formula is C10H12N2O2S. The maximum absolute atomic E-state index is 10.4. The van der Waals surface area contributed by atoms with Crippen molar-refractivity contribution in [1.82, 2.24) is 4.98 Å². The Kier molecular flexibility index (Phi) is 3.74. The summed E-state index contributed by atoms with van der Waals surface area (Å²) in [5.74, 6) is 0. The van der Waals surface area contributed by atoms with Gasteiger partial charge < -0.3 is 0 Å². The highest BCUT2D eigenvalue weighted by atomic mass is 32.1. The Bertz CT molecular complexity index is 479. The number of aryl methyl sites for hydroxylation is 1. The number of benzene rings is 1. The molecule has 4 nitrogen and oxygen atoms in total. The van der Waals surface area contributed by atoms with E-state index in [2.05, 4.69) is 4.98 Å². The van der Waals surface area contributed by atoms with Crippen molar-refractivity contribution in [2.45, 2.75) is 20.8 Å². The second-order valence-corrected chi connectivity index (χ2v) is 3.88. The number of aromatic nitrogens is 1. The zero-order valence-corrected chi connectivity index (χ0v) is 9.67. The fraction of sp³-hybridized carbons (Fsp3) is 0.300. The summed E-state index contributed by atoms with van der Waals surface area (Å²) in [5.41, 5.74) is 0.948. The maximum atomic E-state index is 10.4. The van der Waals surface area contributed by atoms with Crippen LogP contribution in [0.15, 0.2) is 18.2 Å². The van der Waals surface area contributed by atoms with E-state index >= 15 is 0 Å². The molecule has 0 saturated carbocycles. The molecule has 1 aromatic carbocycles. The van der Waals surface area contributed by atoms with Crippen molar-refractivity contribution < 1.29 is 4.92 Å². The van der Waals surface area contributed by atoms with Crippen LogP contribution in [0.4, 0.5) is 5.69 Å². The van der Waals surface area contributed by atoms with Gasteiger partial charge in [-0.3, -0.25) is 10.1 Å². The van der Waals surface area contributed by atoms with Crippen LogP contribution in [-0.4, -0.2) is 9.91 Å². The van der Waals surface area contributed by atoms with E-state index in [1.165, 1.54) is 17.4 Å². The monoisotopic (exact) mass is 224 g/mol. The molecule has 0 radical (unpaired) electrons. The minimum atomic E-state index is -0.394. The molecule has 2 rings (SSSR count). The molecule has 0 unspecified atom stereocenters. The third-order valence-electron chi connectivity index (χ3n) is 1.69. The summed E-state index contributed by atoms with van der Waals surface area (Å²) in [7, 11) is 0. The fourth-order valence-corrected chi connectivity index (χ4v) is 2.00. The van der Waals surface area contributed by atoms with Crippen molar-refractivity contribution in [3.05, 3.63) is 33.3 Å². The summed E-state index contributed by atoms with van der Waals surface area (Å²) in [6.07, 6.45) is 0. The van der Waals surface area contributed by atoms with E-state index in [1.54, 1.807) is 12.1 Å². The minimum absolute atomic E-state index is 0.121. The van der Waals surface area contributed by atoms with Crippen molar-refractivity contribution >= 4 is 27.2 Å². The second-order valence-electron chi connectivity index (χ2n) is 2.64. The summed E-state index contributed by atoms with van der Waals surface area (Å²) in [6.45, 7) is 5.89. The molecule has 1 aromatic heterocycles. The molecule has 2 aromatic rings. The number of hydrogen-bond acceptors (Lipinski definition) is 4. The molecule has 15 heavy (non-hydrogen) atoms. The van der Waals surface area contributed by atoms with Gasteiger partial charge in [0.1, 0.15) is 0 Å². The van der Waals surface area contributed by atoms with Crippen molar-refractivity contribution in [3.63, 3.8) is 0 Å². The first-order valence-corrected chi connectivity index (χ1v) is 5.50. The molecule has 0 fully saturated rings. The molecule has 0 saturated heterocycles.